The van der Waals surface area contributed by atoms with Gasteiger partial charge in [-0.15, -0.1) is 0 Å². The highest BCUT2D eigenvalue weighted by atomic mass is 19.4. The molecule has 3 aromatic rings. The third-order valence-corrected chi connectivity index (χ3v) is 5.78. The van der Waals surface area contributed by atoms with Crippen LogP contribution in [0.1, 0.15) is 53.9 Å². The van der Waals surface area contributed by atoms with Crippen molar-refractivity contribution in [3.63, 3.8) is 0 Å². The van der Waals surface area contributed by atoms with Crippen molar-refractivity contribution in [2.45, 2.75) is 51.1 Å². The molecule has 4 rings (SSSR count). The minimum absolute atomic E-state index is 0.0554. The van der Waals surface area contributed by atoms with E-state index in [0.29, 0.717) is 5.69 Å². The van der Waals surface area contributed by atoms with Crippen LogP contribution in [0.15, 0.2) is 36.7 Å². The predicted octanol–water partition coefficient (Wildman–Crippen LogP) is 6.59. The number of rotatable bonds is 4. The fraction of sp³-hybridized carbons (Fsp3) is 0.391. The molecule has 0 unspecified atom stereocenters. The molecule has 0 atom stereocenters. The Morgan fingerprint density at radius 3 is 2.35 bits per heavy atom. The van der Waals surface area contributed by atoms with Crippen molar-refractivity contribution < 1.29 is 22.0 Å². The van der Waals surface area contributed by atoms with Crippen LogP contribution in [0, 0.1) is 12.8 Å². The van der Waals surface area contributed by atoms with Crippen LogP contribution in [0.5, 0.6) is 0 Å². The summed E-state index contributed by atoms with van der Waals surface area (Å²) in [7, 11) is 0. The van der Waals surface area contributed by atoms with Crippen molar-refractivity contribution in [3.05, 3.63) is 64.9 Å². The highest BCUT2D eigenvalue weighted by Gasteiger charge is 2.40. The molecule has 0 radical (unpaired) electrons. The maximum absolute atomic E-state index is 13.7. The molecule has 1 fully saturated rings. The summed E-state index contributed by atoms with van der Waals surface area (Å²) in [5.41, 5.74) is 1.60. The average molecular weight is 435 g/mol. The normalized spacial score (nSPS) is 17.6. The van der Waals surface area contributed by atoms with Crippen LogP contribution in [-0.4, -0.2) is 20.3 Å². The number of aryl methyl sites for hydroxylation is 1. The van der Waals surface area contributed by atoms with Gasteiger partial charge in [0.15, 0.2) is 5.69 Å². The topological polar surface area (TPSA) is 30.2 Å². The molecule has 0 saturated heterocycles. The van der Waals surface area contributed by atoms with Gasteiger partial charge in [-0.05, 0) is 67.5 Å². The van der Waals surface area contributed by atoms with Crippen LogP contribution in [0.4, 0.5) is 22.0 Å². The van der Waals surface area contributed by atoms with Gasteiger partial charge in [0.05, 0.1) is 5.69 Å². The second kappa shape index (κ2) is 8.05. The highest BCUT2D eigenvalue weighted by Crippen LogP contribution is 2.40. The van der Waals surface area contributed by atoms with Crippen molar-refractivity contribution in [2.75, 3.05) is 0 Å². The van der Waals surface area contributed by atoms with E-state index in [2.05, 4.69) is 9.97 Å². The molecule has 1 aliphatic carbocycles. The van der Waals surface area contributed by atoms with E-state index in [1.807, 2.05) is 24.3 Å². The van der Waals surface area contributed by atoms with Gasteiger partial charge in [-0.25, -0.2) is 13.8 Å². The predicted molar refractivity (Wildman–Crippen MR) is 109 cm³/mol. The summed E-state index contributed by atoms with van der Waals surface area (Å²) in [4.78, 5) is 7.85. The molecular weight excluding hydrogens is 413 g/mol. The van der Waals surface area contributed by atoms with Gasteiger partial charge in [0.1, 0.15) is 5.65 Å². The largest absolute Gasteiger partial charge is 0.435 e. The van der Waals surface area contributed by atoms with E-state index in [9.17, 15) is 22.0 Å². The van der Waals surface area contributed by atoms with Gasteiger partial charge in [-0.3, -0.25) is 4.98 Å². The summed E-state index contributed by atoms with van der Waals surface area (Å²) in [6, 6.07) is 7.05. The molecule has 3 heterocycles. The third-order valence-electron chi connectivity index (χ3n) is 5.78. The Bertz CT molecular complexity index is 1090. The number of aromatic nitrogens is 3. The summed E-state index contributed by atoms with van der Waals surface area (Å²) in [5, 5.41) is 0. The Morgan fingerprint density at radius 1 is 1.06 bits per heavy atom. The number of hydrogen-bond donors (Lipinski definition) is 0. The molecule has 1 saturated carbocycles. The molecule has 31 heavy (non-hydrogen) atoms. The monoisotopic (exact) mass is 435 g/mol. The van der Waals surface area contributed by atoms with E-state index in [1.54, 1.807) is 31.5 Å². The van der Waals surface area contributed by atoms with Gasteiger partial charge in [-0.2, -0.15) is 13.2 Å². The van der Waals surface area contributed by atoms with Crippen molar-refractivity contribution >= 4 is 17.8 Å². The minimum Gasteiger partial charge on any atom is -0.301 e. The van der Waals surface area contributed by atoms with E-state index in [-0.39, 0.29) is 49.4 Å². The van der Waals surface area contributed by atoms with Gasteiger partial charge in [0.2, 0.25) is 5.92 Å². The van der Waals surface area contributed by atoms with Crippen LogP contribution in [0.3, 0.4) is 0 Å². The molecular formula is C23H22F5N3. The van der Waals surface area contributed by atoms with Crippen molar-refractivity contribution in [1.82, 2.24) is 14.4 Å². The lowest BCUT2D eigenvalue weighted by atomic mass is 9.83. The summed E-state index contributed by atoms with van der Waals surface area (Å²) in [6.45, 7) is 1.73. The molecule has 3 aromatic heterocycles. The first-order valence-corrected chi connectivity index (χ1v) is 10.2. The van der Waals surface area contributed by atoms with E-state index in [1.165, 1.54) is 4.40 Å². The average Bonchev–Trinajstić information content (AvgIpc) is 3.08. The highest BCUT2D eigenvalue weighted by molar-refractivity contribution is 5.71. The molecule has 0 N–H and O–H groups in total. The Balaban J connectivity index is 1.70. The lowest BCUT2D eigenvalue weighted by Crippen LogP contribution is -2.26. The second-order valence-corrected chi connectivity index (χ2v) is 8.15. The van der Waals surface area contributed by atoms with Gasteiger partial charge < -0.3 is 4.40 Å². The number of fused-ring (bicyclic) bond motifs is 1. The minimum atomic E-state index is -4.61. The Labute approximate surface area is 176 Å². The van der Waals surface area contributed by atoms with E-state index < -0.39 is 17.8 Å². The van der Waals surface area contributed by atoms with E-state index in [0.717, 1.165) is 11.1 Å². The number of nitrogens with zero attached hydrogens (tertiary/aromatic N) is 3. The van der Waals surface area contributed by atoms with Crippen molar-refractivity contribution in [1.29, 1.82) is 0 Å². The SMILES string of the molecule is Cc1cc(C=Cc2ccncc2)cc2nc(C(F)(F)F)c(CC3CCC(F)(F)CC3)n12. The molecule has 0 aliphatic heterocycles. The molecule has 0 spiro atoms. The van der Waals surface area contributed by atoms with Gasteiger partial charge in [0.25, 0.3) is 0 Å². The van der Waals surface area contributed by atoms with Crippen LogP contribution >= 0.6 is 0 Å². The summed E-state index contributed by atoms with van der Waals surface area (Å²) in [6.07, 6.45) is 2.32. The smallest absolute Gasteiger partial charge is 0.301 e. The number of alkyl halides is 5. The van der Waals surface area contributed by atoms with Gasteiger partial charge >= 0.3 is 6.18 Å². The molecule has 0 bridgehead atoms. The number of hydrogen-bond acceptors (Lipinski definition) is 2. The Kier molecular flexibility index (Phi) is 5.58. The van der Waals surface area contributed by atoms with E-state index >= 15 is 0 Å². The lowest BCUT2D eigenvalue weighted by Gasteiger charge is -2.28. The van der Waals surface area contributed by atoms with Crippen LogP contribution in [0.2, 0.25) is 0 Å². The van der Waals surface area contributed by atoms with Crippen LogP contribution in [-0.2, 0) is 12.6 Å². The fourth-order valence-corrected chi connectivity index (χ4v) is 4.22. The summed E-state index contributed by atoms with van der Waals surface area (Å²) < 4.78 is 69.7. The number of imidazole rings is 1. The maximum atomic E-state index is 13.7. The fourth-order valence-electron chi connectivity index (χ4n) is 4.22. The molecule has 164 valence electrons. The van der Waals surface area contributed by atoms with Gasteiger partial charge in [-0.1, -0.05) is 12.2 Å². The zero-order valence-corrected chi connectivity index (χ0v) is 17.0. The molecule has 0 amide bonds. The first-order valence-electron chi connectivity index (χ1n) is 10.2. The first kappa shape index (κ1) is 21.5. The Morgan fingerprint density at radius 2 is 1.71 bits per heavy atom. The standard InChI is InChI=1S/C23H22F5N3/c1-15-12-18(3-2-16-6-10-29-11-7-16)14-20-30-21(23(26,27)28)19(31(15)20)13-17-4-8-22(24,25)9-5-17/h2-3,6-7,10-12,14,17H,4-5,8-9,13H2,1H3. The second-order valence-electron chi connectivity index (χ2n) is 8.15. The quantitative estimate of drug-likeness (QED) is 0.433. The zero-order valence-electron chi connectivity index (χ0n) is 17.0. The molecule has 3 nitrogen and oxygen atoms in total. The summed E-state index contributed by atoms with van der Waals surface area (Å²) in [5.74, 6) is -2.93. The molecule has 0 aromatic carbocycles. The van der Waals surface area contributed by atoms with Crippen molar-refractivity contribution in [3.8, 4) is 0 Å². The zero-order chi connectivity index (χ0) is 22.2. The van der Waals surface area contributed by atoms with Crippen LogP contribution < -0.4 is 0 Å². The molecule has 1 aliphatic rings. The molecule has 8 heteroatoms. The lowest BCUT2D eigenvalue weighted by molar-refractivity contribution is -0.141. The van der Waals surface area contributed by atoms with Crippen LogP contribution in [0.25, 0.3) is 17.8 Å². The number of halogens is 5. The Hall–Kier alpha value is -2.77. The third kappa shape index (κ3) is 4.78. The van der Waals surface area contributed by atoms with E-state index in [4.69, 9.17) is 0 Å². The maximum Gasteiger partial charge on any atom is 0.435 e. The first-order chi connectivity index (χ1) is 14.6. The van der Waals surface area contributed by atoms with Crippen molar-refractivity contribution in [2.24, 2.45) is 5.92 Å². The summed E-state index contributed by atoms with van der Waals surface area (Å²) >= 11 is 0. The number of pyridine rings is 2. The van der Waals surface area contributed by atoms with Gasteiger partial charge in [0, 0.05) is 30.9 Å².